The van der Waals surface area contributed by atoms with Crippen LogP contribution in [-0.4, -0.2) is 78.3 Å². The Bertz CT molecular complexity index is 1240. The van der Waals surface area contributed by atoms with Gasteiger partial charge in [0.25, 0.3) is 0 Å². The van der Waals surface area contributed by atoms with Gasteiger partial charge in [-0.2, -0.15) is 0 Å². The lowest BCUT2D eigenvalue weighted by Gasteiger charge is -2.28. The Labute approximate surface area is 208 Å². The molecular formula is C26H31N3O5S. The summed E-state index contributed by atoms with van der Waals surface area (Å²) in [4.78, 5) is 28.6. The molecule has 0 aliphatic carbocycles. The first-order chi connectivity index (χ1) is 17.0. The lowest BCUT2D eigenvalue weighted by molar-refractivity contribution is -0.104. The summed E-state index contributed by atoms with van der Waals surface area (Å²) in [6.45, 7) is 5.15. The number of anilines is 2. The van der Waals surface area contributed by atoms with E-state index in [1.807, 2.05) is 42.6 Å². The number of fused-ring (bicyclic) bond motifs is 2. The summed E-state index contributed by atoms with van der Waals surface area (Å²) in [7, 11) is 5.97. The van der Waals surface area contributed by atoms with E-state index in [-0.39, 0.29) is 5.43 Å². The highest BCUT2D eigenvalue weighted by Crippen LogP contribution is 2.39. The van der Waals surface area contributed by atoms with Gasteiger partial charge in [-0.25, -0.2) is 0 Å². The van der Waals surface area contributed by atoms with Crippen LogP contribution < -0.4 is 20.0 Å². The minimum Gasteiger partial charge on any atom is -0.490 e. The number of hydrogen-bond acceptors (Lipinski definition) is 9. The molecule has 1 saturated heterocycles. The Morgan fingerprint density at radius 2 is 1.91 bits per heavy atom. The number of carbonyl (C=O) groups is 1. The molecule has 0 atom stereocenters. The van der Waals surface area contributed by atoms with Crippen molar-refractivity contribution in [3.8, 4) is 16.9 Å². The molecule has 0 amide bonds. The molecule has 1 aromatic carbocycles. The summed E-state index contributed by atoms with van der Waals surface area (Å²) >= 11 is 1.43. The van der Waals surface area contributed by atoms with Crippen molar-refractivity contribution in [2.75, 3.05) is 76.9 Å². The van der Waals surface area contributed by atoms with Crippen molar-refractivity contribution >= 4 is 39.5 Å². The zero-order chi connectivity index (χ0) is 24.8. The summed E-state index contributed by atoms with van der Waals surface area (Å²) in [5.41, 5.74) is 3.70. The molecule has 2 aromatic heterocycles. The molecule has 0 bridgehead atoms. The van der Waals surface area contributed by atoms with E-state index < -0.39 is 0 Å². The standard InChI is InChI=1S/C20H20N2O4S.C6H11NO/c1-21-4-9-25-17-3-2-13(10-15(17)21)14-12-27-20-16(23)11-18(26-19(14)20)22-5-7-24-8-6-22;1-7(2)5-3-4-6-8/h2-3,10-12H,4-9H2,1H3;3-4,6H,5H2,1-2H3/b;4-3+. The highest BCUT2D eigenvalue weighted by atomic mass is 32.1. The number of benzene rings is 1. The Morgan fingerprint density at radius 3 is 2.66 bits per heavy atom. The van der Waals surface area contributed by atoms with E-state index in [0.717, 1.165) is 55.0 Å². The lowest BCUT2D eigenvalue weighted by Crippen LogP contribution is -2.36. The van der Waals surface area contributed by atoms with Crippen LogP contribution in [0.3, 0.4) is 0 Å². The zero-order valence-electron chi connectivity index (χ0n) is 20.4. The maximum atomic E-state index is 12.6. The van der Waals surface area contributed by atoms with Crippen molar-refractivity contribution in [1.29, 1.82) is 0 Å². The Morgan fingerprint density at radius 1 is 1.11 bits per heavy atom. The molecule has 0 saturated carbocycles. The van der Waals surface area contributed by atoms with Gasteiger partial charge in [0, 0.05) is 43.7 Å². The molecular weight excluding hydrogens is 466 g/mol. The Kier molecular flexibility index (Phi) is 8.22. The van der Waals surface area contributed by atoms with Gasteiger partial charge >= 0.3 is 0 Å². The zero-order valence-corrected chi connectivity index (χ0v) is 21.2. The average Bonchev–Trinajstić information content (AvgIpc) is 3.30. The molecule has 2 aliphatic rings. The van der Waals surface area contributed by atoms with Crippen molar-refractivity contribution in [3.63, 3.8) is 0 Å². The second kappa shape index (κ2) is 11.5. The van der Waals surface area contributed by atoms with Gasteiger partial charge in [-0.3, -0.25) is 9.59 Å². The van der Waals surface area contributed by atoms with Crippen molar-refractivity contribution in [2.24, 2.45) is 0 Å². The van der Waals surface area contributed by atoms with Crippen LogP contribution in [0.5, 0.6) is 5.75 Å². The number of allylic oxidation sites excluding steroid dienone is 1. The van der Waals surface area contributed by atoms with Crippen molar-refractivity contribution in [3.05, 3.63) is 52.0 Å². The van der Waals surface area contributed by atoms with E-state index in [1.165, 1.54) is 17.4 Å². The van der Waals surface area contributed by atoms with Crippen LogP contribution in [0.1, 0.15) is 0 Å². The van der Waals surface area contributed by atoms with E-state index in [4.69, 9.17) is 13.9 Å². The van der Waals surface area contributed by atoms with Gasteiger partial charge < -0.3 is 28.6 Å². The summed E-state index contributed by atoms with van der Waals surface area (Å²) < 4.78 is 18.0. The van der Waals surface area contributed by atoms with Crippen molar-refractivity contribution in [1.82, 2.24) is 4.90 Å². The highest BCUT2D eigenvalue weighted by Gasteiger charge is 2.20. The minimum absolute atomic E-state index is 0.00685. The molecule has 186 valence electrons. The molecule has 8 nitrogen and oxygen atoms in total. The van der Waals surface area contributed by atoms with Crippen LogP contribution in [0, 0.1) is 0 Å². The fraction of sp³-hybridized carbons (Fsp3) is 0.385. The number of thiophene rings is 1. The smallest absolute Gasteiger partial charge is 0.204 e. The van der Waals surface area contributed by atoms with Gasteiger partial charge in [-0.05, 0) is 37.9 Å². The second-order valence-corrected chi connectivity index (χ2v) is 9.51. The van der Waals surface area contributed by atoms with Gasteiger partial charge in [0.1, 0.15) is 23.3 Å². The first kappa shape index (κ1) is 25.0. The fourth-order valence-corrected chi connectivity index (χ4v) is 4.83. The molecule has 35 heavy (non-hydrogen) atoms. The summed E-state index contributed by atoms with van der Waals surface area (Å²) in [5.74, 6) is 1.51. The summed E-state index contributed by atoms with van der Waals surface area (Å²) in [5, 5.41) is 2.00. The first-order valence-corrected chi connectivity index (χ1v) is 12.5. The number of morpholine rings is 1. The molecule has 0 spiro atoms. The van der Waals surface area contributed by atoms with Gasteiger partial charge in [0.05, 0.1) is 25.4 Å². The first-order valence-electron chi connectivity index (χ1n) is 11.6. The molecule has 0 radical (unpaired) electrons. The van der Waals surface area contributed by atoms with E-state index in [2.05, 4.69) is 22.9 Å². The van der Waals surface area contributed by atoms with Crippen molar-refractivity contribution in [2.45, 2.75) is 0 Å². The Balaban J connectivity index is 0.000000314. The van der Waals surface area contributed by atoms with E-state index in [1.54, 1.807) is 6.07 Å². The molecule has 0 N–H and O–H groups in total. The molecule has 9 heteroatoms. The number of likely N-dealkylation sites (N-methyl/N-ethyl adjacent to an activating group) is 2. The molecule has 5 rings (SSSR count). The van der Waals surface area contributed by atoms with Crippen LogP contribution in [0.4, 0.5) is 11.6 Å². The molecule has 2 aliphatic heterocycles. The molecule has 4 heterocycles. The maximum Gasteiger partial charge on any atom is 0.204 e. The van der Waals surface area contributed by atoms with Gasteiger partial charge in [-0.1, -0.05) is 12.1 Å². The van der Waals surface area contributed by atoms with E-state index >= 15 is 0 Å². The lowest BCUT2D eigenvalue weighted by atomic mass is 10.1. The molecule has 1 fully saturated rings. The van der Waals surface area contributed by atoms with Gasteiger partial charge in [-0.15, -0.1) is 11.3 Å². The predicted octanol–water partition coefficient (Wildman–Crippen LogP) is 3.49. The third-order valence-electron chi connectivity index (χ3n) is 5.80. The predicted molar refractivity (Wildman–Crippen MR) is 141 cm³/mol. The highest BCUT2D eigenvalue weighted by molar-refractivity contribution is 7.17. The topological polar surface area (TPSA) is 75.5 Å². The quantitative estimate of drug-likeness (QED) is 0.392. The van der Waals surface area contributed by atoms with E-state index in [9.17, 15) is 9.59 Å². The monoisotopic (exact) mass is 497 g/mol. The van der Waals surface area contributed by atoms with Crippen LogP contribution in [0.25, 0.3) is 21.4 Å². The van der Waals surface area contributed by atoms with Crippen LogP contribution in [0.2, 0.25) is 0 Å². The minimum atomic E-state index is 0.00685. The third-order valence-corrected chi connectivity index (χ3v) is 6.78. The van der Waals surface area contributed by atoms with Crippen LogP contribution in [0.15, 0.2) is 51.0 Å². The van der Waals surface area contributed by atoms with Crippen LogP contribution >= 0.6 is 11.3 Å². The number of ether oxygens (including phenoxy) is 2. The molecule has 3 aromatic rings. The number of aldehydes is 1. The maximum absolute atomic E-state index is 12.6. The fourth-order valence-electron chi connectivity index (χ4n) is 3.91. The second-order valence-electron chi connectivity index (χ2n) is 8.63. The van der Waals surface area contributed by atoms with E-state index in [0.29, 0.717) is 36.0 Å². The molecule has 0 unspecified atom stereocenters. The van der Waals surface area contributed by atoms with Gasteiger partial charge in [0.15, 0.2) is 11.5 Å². The van der Waals surface area contributed by atoms with Crippen LogP contribution in [-0.2, 0) is 9.53 Å². The van der Waals surface area contributed by atoms with Gasteiger partial charge in [0.2, 0.25) is 5.43 Å². The third kappa shape index (κ3) is 5.93. The normalized spacial score (nSPS) is 15.7. The average molecular weight is 498 g/mol. The summed E-state index contributed by atoms with van der Waals surface area (Å²) in [6, 6.07) is 7.73. The number of carbonyl (C=O) groups excluding carboxylic acids is 1. The number of rotatable bonds is 5. The Hall–Kier alpha value is -3.14. The largest absolute Gasteiger partial charge is 0.490 e. The number of hydrogen-bond donors (Lipinski definition) is 0. The SMILES string of the molecule is CN(C)C/C=C/C=O.CN1CCOc2ccc(-c3csc4c(=O)cc(N5CCOCC5)oc34)cc21. The number of nitrogens with zero attached hydrogens (tertiary/aromatic N) is 3. The van der Waals surface area contributed by atoms with Crippen molar-refractivity contribution < 1.29 is 18.7 Å². The summed E-state index contributed by atoms with van der Waals surface area (Å²) in [6.07, 6.45) is 4.09.